The summed E-state index contributed by atoms with van der Waals surface area (Å²) < 4.78 is 7.12. The number of ether oxygens (including phenoxy) is 1. The predicted octanol–water partition coefficient (Wildman–Crippen LogP) is 2.74. The number of nitrogens with one attached hydrogen (secondary N) is 1. The van der Waals surface area contributed by atoms with Crippen molar-refractivity contribution >= 4 is 22.8 Å². The lowest BCUT2D eigenvalue weighted by Crippen LogP contribution is -2.65. The maximum absolute atomic E-state index is 13.5. The Bertz CT molecular complexity index is 901. The van der Waals surface area contributed by atoms with Crippen molar-refractivity contribution in [2.45, 2.75) is 63.6 Å². The first-order valence-corrected chi connectivity index (χ1v) is 10.6. The van der Waals surface area contributed by atoms with E-state index < -0.39 is 5.54 Å². The number of carbonyl (C=O) groups is 2. The molecule has 7 heteroatoms. The summed E-state index contributed by atoms with van der Waals surface area (Å²) >= 11 is 0. The summed E-state index contributed by atoms with van der Waals surface area (Å²) in [5.74, 6) is 0.0855. The second-order valence-corrected chi connectivity index (χ2v) is 8.40. The van der Waals surface area contributed by atoms with Crippen molar-refractivity contribution in [2.75, 3.05) is 20.3 Å². The van der Waals surface area contributed by atoms with E-state index in [1.165, 1.54) is 12.8 Å². The summed E-state index contributed by atoms with van der Waals surface area (Å²) in [6.07, 6.45) is 6.76. The minimum absolute atomic E-state index is 0.0858. The molecule has 1 saturated carbocycles. The third-order valence-corrected chi connectivity index (χ3v) is 6.35. The average Bonchev–Trinajstić information content (AvgIpc) is 2.89. The van der Waals surface area contributed by atoms with E-state index >= 15 is 0 Å². The molecule has 0 saturated heterocycles. The molecule has 29 heavy (non-hydrogen) atoms. The second kappa shape index (κ2) is 8.14. The van der Waals surface area contributed by atoms with Crippen LogP contribution in [0.25, 0.3) is 11.0 Å². The predicted molar refractivity (Wildman–Crippen MR) is 111 cm³/mol. The van der Waals surface area contributed by atoms with Crippen LogP contribution in [0.5, 0.6) is 0 Å². The molecular formula is C22H30N4O3. The summed E-state index contributed by atoms with van der Waals surface area (Å²) in [5.41, 5.74) is 0.671. The minimum Gasteiger partial charge on any atom is -0.383 e. The van der Waals surface area contributed by atoms with Gasteiger partial charge in [-0.05, 0) is 31.9 Å². The maximum Gasteiger partial charge on any atom is 0.290 e. The van der Waals surface area contributed by atoms with Crippen LogP contribution in [0.4, 0.5) is 0 Å². The lowest BCUT2D eigenvalue weighted by atomic mass is 9.94. The number of hydrogen-bond donors (Lipinski definition) is 1. The number of amides is 2. The zero-order chi connectivity index (χ0) is 20.4. The fraction of sp³-hybridized carbons (Fsp3) is 0.591. The summed E-state index contributed by atoms with van der Waals surface area (Å²) in [7, 11) is 1.60. The topological polar surface area (TPSA) is 76.5 Å². The SMILES string of the molecule is COCCN1C(=O)c2nc3ccccc3n2C[C@]1(C)C(=O)NC1CCCCCC1. The van der Waals surface area contributed by atoms with Crippen molar-refractivity contribution in [3.8, 4) is 0 Å². The Morgan fingerprint density at radius 3 is 2.69 bits per heavy atom. The van der Waals surface area contributed by atoms with Crippen molar-refractivity contribution in [1.82, 2.24) is 19.8 Å². The largest absolute Gasteiger partial charge is 0.383 e. The molecule has 1 aliphatic carbocycles. The summed E-state index contributed by atoms with van der Waals surface area (Å²) in [5, 5.41) is 3.26. The minimum atomic E-state index is -0.988. The Labute approximate surface area is 171 Å². The van der Waals surface area contributed by atoms with E-state index in [0.29, 0.717) is 25.5 Å². The number of imidazole rings is 1. The Balaban J connectivity index is 1.68. The van der Waals surface area contributed by atoms with E-state index in [-0.39, 0.29) is 17.9 Å². The number of para-hydroxylation sites is 2. The molecule has 1 fully saturated rings. The van der Waals surface area contributed by atoms with Gasteiger partial charge in [0, 0.05) is 19.7 Å². The highest BCUT2D eigenvalue weighted by molar-refractivity contribution is 6.01. The van der Waals surface area contributed by atoms with Crippen LogP contribution in [0.15, 0.2) is 24.3 Å². The fourth-order valence-electron chi connectivity index (χ4n) is 4.63. The van der Waals surface area contributed by atoms with E-state index in [1.807, 2.05) is 35.8 Å². The summed E-state index contributed by atoms with van der Waals surface area (Å²) in [6.45, 7) is 2.98. The fourth-order valence-corrected chi connectivity index (χ4v) is 4.63. The Kier molecular flexibility index (Phi) is 5.58. The number of fused-ring (bicyclic) bond motifs is 3. The second-order valence-electron chi connectivity index (χ2n) is 8.40. The molecular weight excluding hydrogens is 368 g/mol. The number of hydrogen-bond acceptors (Lipinski definition) is 4. The van der Waals surface area contributed by atoms with Gasteiger partial charge in [0.2, 0.25) is 5.91 Å². The number of benzene rings is 1. The van der Waals surface area contributed by atoms with Crippen molar-refractivity contribution in [3.63, 3.8) is 0 Å². The number of methoxy groups -OCH3 is 1. The molecule has 0 spiro atoms. The number of aromatic nitrogens is 2. The first-order chi connectivity index (χ1) is 14.0. The molecule has 1 aromatic heterocycles. The number of rotatable bonds is 5. The molecule has 2 amide bonds. The normalized spacial score (nSPS) is 23.1. The van der Waals surface area contributed by atoms with Gasteiger partial charge in [0.25, 0.3) is 5.91 Å². The molecule has 1 N–H and O–H groups in total. The monoisotopic (exact) mass is 398 g/mol. The van der Waals surface area contributed by atoms with Gasteiger partial charge < -0.3 is 19.5 Å². The lowest BCUT2D eigenvalue weighted by Gasteiger charge is -2.44. The molecule has 0 bridgehead atoms. The Morgan fingerprint density at radius 2 is 1.97 bits per heavy atom. The van der Waals surface area contributed by atoms with Gasteiger partial charge in [0.1, 0.15) is 5.54 Å². The van der Waals surface area contributed by atoms with Crippen molar-refractivity contribution < 1.29 is 14.3 Å². The molecule has 7 nitrogen and oxygen atoms in total. The van der Waals surface area contributed by atoms with E-state index in [1.54, 1.807) is 12.0 Å². The number of nitrogens with zero attached hydrogens (tertiary/aromatic N) is 3. The van der Waals surface area contributed by atoms with E-state index in [9.17, 15) is 9.59 Å². The van der Waals surface area contributed by atoms with Crippen LogP contribution >= 0.6 is 0 Å². The Hall–Kier alpha value is -2.41. The van der Waals surface area contributed by atoms with Crippen molar-refractivity contribution in [2.24, 2.45) is 0 Å². The van der Waals surface area contributed by atoms with Crippen LogP contribution in [0.1, 0.15) is 56.1 Å². The van der Waals surface area contributed by atoms with Gasteiger partial charge >= 0.3 is 0 Å². The van der Waals surface area contributed by atoms with Gasteiger partial charge in [0.05, 0.1) is 24.2 Å². The average molecular weight is 399 g/mol. The first-order valence-electron chi connectivity index (χ1n) is 10.6. The lowest BCUT2D eigenvalue weighted by molar-refractivity contribution is -0.134. The molecule has 1 aliphatic heterocycles. The standard InChI is InChI=1S/C22H30N4O3/c1-22(21(28)23-16-9-5-3-4-6-10-16)15-25-18-12-8-7-11-17(18)24-19(25)20(27)26(22)13-14-29-2/h7-8,11-12,16H,3-6,9-10,13-15H2,1-2H3,(H,23,28)/t22-/m1/s1. The van der Waals surface area contributed by atoms with Crippen LogP contribution in [0.2, 0.25) is 0 Å². The van der Waals surface area contributed by atoms with Gasteiger partial charge in [-0.1, -0.05) is 37.8 Å². The molecule has 0 unspecified atom stereocenters. The highest BCUT2D eigenvalue weighted by atomic mass is 16.5. The van der Waals surface area contributed by atoms with E-state index in [2.05, 4.69) is 10.3 Å². The van der Waals surface area contributed by atoms with Crippen molar-refractivity contribution in [1.29, 1.82) is 0 Å². The molecule has 1 atom stereocenters. The van der Waals surface area contributed by atoms with Crippen molar-refractivity contribution in [3.05, 3.63) is 30.1 Å². The highest BCUT2D eigenvalue weighted by Gasteiger charge is 2.48. The third kappa shape index (κ3) is 3.64. The van der Waals surface area contributed by atoms with Gasteiger partial charge in [-0.15, -0.1) is 0 Å². The molecule has 2 heterocycles. The molecule has 4 rings (SSSR count). The highest BCUT2D eigenvalue weighted by Crippen LogP contribution is 2.31. The molecule has 0 radical (unpaired) electrons. The molecule has 1 aromatic carbocycles. The number of carbonyl (C=O) groups excluding carboxylic acids is 2. The smallest absolute Gasteiger partial charge is 0.290 e. The third-order valence-electron chi connectivity index (χ3n) is 6.35. The van der Waals surface area contributed by atoms with Crippen LogP contribution < -0.4 is 5.32 Å². The maximum atomic E-state index is 13.5. The van der Waals surface area contributed by atoms with Gasteiger partial charge in [0.15, 0.2) is 5.82 Å². The van der Waals surface area contributed by atoms with Crippen LogP contribution in [-0.2, 0) is 16.1 Å². The first kappa shape index (κ1) is 19.9. The molecule has 156 valence electrons. The van der Waals surface area contributed by atoms with E-state index in [0.717, 1.165) is 36.7 Å². The molecule has 2 aliphatic rings. The van der Waals surface area contributed by atoms with Gasteiger partial charge in [-0.3, -0.25) is 9.59 Å². The van der Waals surface area contributed by atoms with Crippen LogP contribution in [0.3, 0.4) is 0 Å². The summed E-state index contributed by atoms with van der Waals surface area (Å²) in [4.78, 5) is 33.1. The zero-order valence-corrected chi connectivity index (χ0v) is 17.3. The summed E-state index contributed by atoms with van der Waals surface area (Å²) in [6, 6.07) is 7.88. The quantitative estimate of drug-likeness (QED) is 0.786. The van der Waals surface area contributed by atoms with Gasteiger partial charge in [-0.25, -0.2) is 4.98 Å². The molecule has 2 aromatic rings. The van der Waals surface area contributed by atoms with Crippen LogP contribution in [0, 0.1) is 0 Å². The van der Waals surface area contributed by atoms with E-state index in [4.69, 9.17) is 4.74 Å². The van der Waals surface area contributed by atoms with Gasteiger partial charge in [-0.2, -0.15) is 0 Å². The zero-order valence-electron chi connectivity index (χ0n) is 17.3. The Morgan fingerprint density at radius 1 is 1.24 bits per heavy atom. The van der Waals surface area contributed by atoms with Crippen LogP contribution in [-0.4, -0.2) is 58.1 Å².